The first-order chi connectivity index (χ1) is 8.31. The molecule has 84 valence electrons. The van der Waals surface area contributed by atoms with Crippen LogP contribution >= 0.6 is 11.8 Å². The third-order valence-electron chi connectivity index (χ3n) is 2.68. The predicted octanol–water partition coefficient (Wildman–Crippen LogP) is 3.33. The second-order valence-electron chi connectivity index (χ2n) is 3.96. The Morgan fingerprint density at radius 3 is 2.65 bits per heavy atom. The number of benzene rings is 2. The van der Waals surface area contributed by atoms with Gasteiger partial charge in [0, 0.05) is 15.5 Å². The Morgan fingerprint density at radius 2 is 1.82 bits per heavy atom. The maximum atomic E-state index is 11.3. The summed E-state index contributed by atoms with van der Waals surface area (Å²) in [6.45, 7) is 0. The van der Waals surface area contributed by atoms with E-state index in [9.17, 15) is 4.79 Å². The van der Waals surface area contributed by atoms with E-state index in [1.165, 1.54) is 9.79 Å². The minimum Gasteiger partial charge on any atom is -0.326 e. The zero-order chi connectivity index (χ0) is 11.7. The van der Waals surface area contributed by atoms with Crippen molar-refractivity contribution >= 4 is 23.4 Å². The van der Waals surface area contributed by atoms with Crippen molar-refractivity contribution in [1.29, 1.82) is 0 Å². The van der Waals surface area contributed by atoms with Crippen LogP contribution in [-0.2, 0) is 11.2 Å². The van der Waals surface area contributed by atoms with Gasteiger partial charge in [0.15, 0.2) is 0 Å². The van der Waals surface area contributed by atoms with Crippen LogP contribution < -0.4 is 5.32 Å². The molecule has 0 atom stereocenters. The Kier molecular flexibility index (Phi) is 2.61. The maximum Gasteiger partial charge on any atom is 0.228 e. The number of carbonyl (C=O) groups excluding carboxylic acids is 1. The summed E-state index contributed by atoms with van der Waals surface area (Å²) in [4.78, 5) is 13.6. The summed E-state index contributed by atoms with van der Waals surface area (Å²) in [6, 6.07) is 16.3. The standard InChI is InChI=1S/C14H11NOS/c16-14-9-10-8-12(6-7-13(10)15-14)17-11-4-2-1-3-5-11/h1-8H,9H2,(H,15,16). The van der Waals surface area contributed by atoms with Crippen LogP contribution in [0.5, 0.6) is 0 Å². The van der Waals surface area contributed by atoms with E-state index in [1.54, 1.807) is 11.8 Å². The van der Waals surface area contributed by atoms with Crippen molar-refractivity contribution in [2.45, 2.75) is 16.2 Å². The van der Waals surface area contributed by atoms with E-state index in [4.69, 9.17) is 0 Å². The van der Waals surface area contributed by atoms with Crippen LogP contribution in [0, 0.1) is 0 Å². The highest BCUT2D eigenvalue weighted by atomic mass is 32.2. The minimum atomic E-state index is 0.0851. The topological polar surface area (TPSA) is 29.1 Å². The van der Waals surface area contributed by atoms with Crippen LogP contribution in [0.2, 0.25) is 0 Å². The number of anilines is 1. The second kappa shape index (κ2) is 4.26. The van der Waals surface area contributed by atoms with E-state index < -0.39 is 0 Å². The van der Waals surface area contributed by atoms with Gasteiger partial charge in [0.1, 0.15) is 0 Å². The van der Waals surface area contributed by atoms with E-state index in [-0.39, 0.29) is 5.91 Å². The molecule has 3 rings (SSSR count). The summed E-state index contributed by atoms with van der Waals surface area (Å²) >= 11 is 1.72. The molecule has 1 heterocycles. The van der Waals surface area contributed by atoms with E-state index in [0.717, 1.165) is 11.3 Å². The molecular formula is C14H11NOS. The Bertz CT molecular complexity index is 566. The fraction of sp³-hybridized carbons (Fsp3) is 0.0714. The molecule has 0 unspecified atom stereocenters. The lowest BCUT2D eigenvalue weighted by molar-refractivity contribution is -0.115. The lowest BCUT2D eigenvalue weighted by Crippen LogP contribution is -2.03. The van der Waals surface area contributed by atoms with Crippen molar-refractivity contribution in [3.63, 3.8) is 0 Å². The molecule has 0 aliphatic carbocycles. The fourth-order valence-corrected chi connectivity index (χ4v) is 2.80. The molecular weight excluding hydrogens is 230 g/mol. The van der Waals surface area contributed by atoms with Gasteiger partial charge in [-0.15, -0.1) is 0 Å². The number of amides is 1. The molecule has 3 heteroatoms. The number of hydrogen-bond acceptors (Lipinski definition) is 2. The lowest BCUT2D eigenvalue weighted by Gasteiger charge is -2.03. The molecule has 0 saturated carbocycles. The van der Waals surface area contributed by atoms with Gasteiger partial charge in [0.05, 0.1) is 6.42 Å². The number of fused-ring (bicyclic) bond motifs is 1. The van der Waals surface area contributed by atoms with Gasteiger partial charge in [-0.3, -0.25) is 4.79 Å². The Balaban J connectivity index is 1.86. The molecule has 0 fully saturated rings. The van der Waals surface area contributed by atoms with Crippen LogP contribution in [0.25, 0.3) is 0 Å². The number of rotatable bonds is 2. The third-order valence-corrected chi connectivity index (χ3v) is 3.68. The van der Waals surface area contributed by atoms with Crippen LogP contribution in [0.1, 0.15) is 5.56 Å². The summed E-state index contributed by atoms with van der Waals surface area (Å²) in [5, 5.41) is 2.84. The van der Waals surface area contributed by atoms with Crippen molar-refractivity contribution in [3.05, 3.63) is 54.1 Å². The molecule has 0 bridgehead atoms. The monoisotopic (exact) mass is 241 g/mol. The van der Waals surface area contributed by atoms with Gasteiger partial charge < -0.3 is 5.32 Å². The Labute approximate surface area is 104 Å². The SMILES string of the molecule is O=C1Cc2cc(Sc3ccccc3)ccc2N1. The molecule has 0 aromatic heterocycles. The second-order valence-corrected chi connectivity index (χ2v) is 5.11. The Morgan fingerprint density at radius 1 is 1.00 bits per heavy atom. The van der Waals surface area contributed by atoms with Gasteiger partial charge >= 0.3 is 0 Å². The predicted molar refractivity (Wildman–Crippen MR) is 69.3 cm³/mol. The maximum absolute atomic E-state index is 11.3. The molecule has 1 amide bonds. The minimum absolute atomic E-state index is 0.0851. The zero-order valence-corrected chi connectivity index (χ0v) is 9.96. The van der Waals surface area contributed by atoms with Crippen LogP contribution in [0.4, 0.5) is 5.69 Å². The molecule has 1 aliphatic heterocycles. The van der Waals surface area contributed by atoms with E-state index in [0.29, 0.717) is 6.42 Å². The highest BCUT2D eigenvalue weighted by Gasteiger charge is 2.17. The first-order valence-electron chi connectivity index (χ1n) is 5.47. The largest absolute Gasteiger partial charge is 0.326 e. The van der Waals surface area contributed by atoms with Crippen molar-refractivity contribution < 1.29 is 4.79 Å². The molecule has 17 heavy (non-hydrogen) atoms. The van der Waals surface area contributed by atoms with Gasteiger partial charge in [-0.25, -0.2) is 0 Å². The van der Waals surface area contributed by atoms with E-state index in [2.05, 4.69) is 23.5 Å². The first-order valence-corrected chi connectivity index (χ1v) is 6.28. The van der Waals surface area contributed by atoms with Gasteiger partial charge in [0.2, 0.25) is 5.91 Å². The summed E-state index contributed by atoms with van der Waals surface area (Å²) in [5.74, 6) is 0.0851. The summed E-state index contributed by atoms with van der Waals surface area (Å²) in [6.07, 6.45) is 0.499. The number of nitrogens with one attached hydrogen (secondary N) is 1. The third kappa shape index (κ3) is 2.19. The van der Waals surface area contributed by atoms with Crippen molar-refractivity contribution in [3.8, 4) is 0 Å². The smallest absolute Gasteiger partial charge is 0.228 e. The average Bonchev–Trinajstić information content (AvgIpc) is 2.70. The molecule has 2 aromatic carbocycles. The molecule has 2 aromatic rings. The van der Waals surface area contributed by atoms with Crippen LogP contribution in [0.15, 0.2) is 58.3 Å². The quantitative estimate of drug-likeness (QED) is 0.873. The normalized spacial score (nSPS) is 13.3. The van der Waals surface area contributed by atoms with Gasteiger partial charge in [0.25, 0.3) is 0 Å². The van der Waals surface area contributed by atoms with Crippen LogP contribution in [0.3, 0.4) is 0 Å². The molecule has 1 N–H and O–H groups in total. The Hall–Kier alpha value is -1.74. The van der Waals surface area contributed by atoms with Crippen molar-refractivity contribution in [1.82, 2.24) is 0 Å². The molecule has 2 nitrogen and oxygen atoms in total. The average molecular weight is 241 g/mol. The molecule has 0 spiro atoms. The van der Waals surface area contributed by atoms with Gasteiger partial charge in [-0.1, -0.05) is 30.0 Å². The zero-order valence-electron chi connectivity index (χ0n) is 9.14. The van der Waals surface area contributed by atoms with Gasteiger partial charge in [-0.2, -0.15) is 0 Å². The highest BCUT2D eigenvalue weighted by molar-refractivity contribution is 7.99. The molecule has 0 saturated heterocycles. The van der Waals surface area contributed by atoms with E-state index in [1.807, 2.05) is 30.3 Å². The molecule has 1 aliphatic rings. The number of hydrogen-bond donors (Lipinski definition) is 1. The number of carbonyl (C=O) groups is 1. The van der Waals surface area contributed by atoms with Crippen molar-refractivity contribution in [2.24, 2.45) is 0 Å². The molecule has 0 radical (unpaired) electrons. The fourth-order valence-electron chi connectivity index (χ4n) is 1.89. The van der Waals surface area contributed by atoms with Gasteiger partial charge in [-0.05, 0) is 35.9 Å². The van der Waals surface area contributed by atoms with Crippen molar-refractivity contribution in [2.75, 3.05) is 5.32 Å². The van der Waals surface area contributed by atoms with E-state index >= 15 is 0 Å². The lowest BCUT2D eigenvalue weighted by atomic mass is 10.2. The van der Waals surface area contributed by atoms with Crippen LogP contribution in [-0.4, -0.2) is 5.91 Å². The first kappa shape index (κ1) is 10.4. The summed E-state index contributed by atoms with van der Waals surface area (Å²) < 4.78 is 0. The summed E-state index contributed by atoms with van der Waals surface area (Å²) in [5.41, 5.74) is 2.04. The highest BCUT2D eigenvalue weighted by Crippen LogP contribution is 2.32. The summed E-state index contributed by atoms with van der Waals surface area (Å²) in [7, 11) is 0.